The molecule has 1 aromatic carbocycles. The van der Waals surface area contributed by atoms with Crippen LogP contribution in [0.1, 0.15) is 18.4 Å². The number of carbonyl (C=O) groups is 1. The van der Waals surface area contributed by atoms with Gasteiger partial charge in [0.2, 0.25) is 5.91 Å². The number of nitrogens with zero attached hydrogens (tertiary/aromatic N) is 1. The number of likely N-dealkylation sites (tertiary alicyclic amines) is 1. The Morgan fingerprint density at radius 2 is 2.30 bits per heavy atom. The van der Waals surface area contributed by atoms with Crippen LogP contribution in [-0.2, 0) is 11.3 Å². The molecule has 1 amide bonds. The van der Waals surface area contributed by atoms with Gasteiger partial charge >= 0.3 is 0 Å². The Morgan fingerprint density at radius 3 is 3.00 bits per heavy atom. The highest BCUT2D eigenvalue weighted by molar-refractivity contribution is 9.10. The number of nitrogens with one attached hydrogen (secondary N) is 1. The number of hydrogen-bond acceptors (Lipinski definition) is 4. The van der Waals surface area contributed by atoms with Crippen molar-refractivity contribution in [3.05, 3.63) is 28.2 Å². The monoisotopic (exact) mass is 405 g/mol. The lowest BCUT2D eigenvalue weighted by molar-refractivity contribution is -0.126. The molecular weight excluding hydrogens is 382 g/mol. The van der Waals surface area contributed by atoms with Gasteiger partial charge in [-0.2, -0.15) is 0 Å². The topological polar surface area (TPSA) is 67.6 Å². The van der Waals surface area contributed by atoms with Crippen molar-refractivity contribution in [1.29, 1.82) is 0 Å². The van der Waals surface area contributed by atoms with Crippen LogP contribution in [0.3, 0.4) is 0 Å². The molecule has 1 aliphatic heterocycles. The first-order valence-corrected chi connectivity index (χ1v) is 8.46. The van der Waals surface area contributed by atoms with Crippen LogP contribution in [0.5, 0.6) is 5.75 Å². The fourth-order valence-electron chi connectivity index (χ4n) is 2.79. The molecule has 7 heteroatoms. The summed E-state index contributed by atoms with van der Waals surface area (Å²) in [6.07, 6.45) is 1.99. The number of benzene rings is 1. The summed E-state index contributed by atoms with van der Waals surface area (Å²) in [4.78, 5) is 14.4. The number of methoxy groups -OCH3 is 1. The molecule has 1 atom stereocenters. The van der Waals surface area contributed by atoms with Gasteiger partial charge in [0.25, 0.3) is 0 Å². The van der Waals surface area contributed by atoms with Gasteiger partial charge in [-0.1, -0.05) is 15.9 Å². The van der Waals surface area contributed by atoms with Crippen LogP contribution in [0, 0.1) is 5.92 Å². The van der Waals surface area contributed by atoms with Crippen molar-refractivity contribution in [3.8, 4) is 5.75 Å². The SMILES string of the molecule is COc1ccc(Br)c(CN2CCCC(C(=O)NCCN)C2)c1.Cl. The highest BCUT2D eigenvalue weighted by Crippen LogP contribution is 2.26. The predicted octanol–water partition coefficient (Wildman–Crippen LogP) is 2.17. The van der Waals surface area contributed by atoms with Crippen LogP contribution in [0.25, 0.3) is 0 Å². The van der Waals surface area contributed by atoms with E-state index >= 15 is 0 Å². The van der Waals surface area contributed by atoms with E-state index in [9.17, 15) is 4.79 Å². The van der Waals surface area contributed by atoms with Gasteiger partial charge in [0.1, 0.15) is 5.75 Å². The lowest BCUT2D eigenvalue weighted by Crippen LogP contribution is -2.43. The third-order valence-electron chi connectivity index (χ3n) is 3.97. The summed E-state index contributed by atoms with van der Waals surface area (Å²) in [7, 11) is 1.67. The second-order valence-corrected chi connectivity index (χ2v) is 6.47. The average molecular weight is 407 g/mol. The van der Waals surface area contributed by atoms with Crippen molar-refractivity contribution in [2.75, 3.05) is 33.3 Å². The number of halogens is 2. The van der Waals surface area contributed by atoms with Crippen LogP contribution < -0.4 is 15.8 Å². The first-order valence-electron chi connectivity index (χ1n) is 7.66. The summed E-state index contributed by atoms with van der Waals surface area (Å²) >= 11 is 3.59. The number of piperidine rings is 1. The molecule has 0 spiro atoms. The fourth-order valence-corrected chi connectivity index (χ4v) is 3.17. The summed E-state index contributed by atoms with van der Waals surface area (Å²) in [6, 6.07) is 5.98. The van der Waals surface area contributed by atoms with Gasteiger partial charge in [0.15, 0.2) is 0 Å². The molecule has 2 rings (SSSR count). The van der Waals surface area contributed by atoms with Crippen LogP contribution in [0.4, 0.5) is 0 Å². The number of ether oxygens (including phenoxy) is 1. The van der Waals surface area contributed by atoms with Crippen molar-refractivity contribution in [2.24, 2.45) is 11.7 Å². The van der Waals surface area contributed by atoms with Gasteiger partial charge in [-0.15, -0.1) is 12.4 Å². The van der Waals surface area contributed by atoms with E-state index in [1.165, 1.54) is 5.56 Å². The molecule has 0 aromatic heterocycles. The van der Waals surface area contributed by atoms with E-state index in [0.717, 1.165) is 42.7 Å². The standard InChI is InChI=1S/C16H24BrN3O2.ClH/c1-22-14-4-5-15(17)13(9-14)11-20-8-2-3-12(10-20)16(21)19-7-6-18;/h4-5,9,12H,2-3,6-8,10-11,18H2,1H3,(H,19,21);1H. The smallest absolute Gasteiger partial charge is 0.224 e. The van der Waals surface area contributed by atoms with Crippen molar-refractivity contribution in [2.45, 2.75) is 19.4 Å². The Kier molecular flexibility index (Phi) is 8.91. The molecule has 0 bridgehead atoms. The zero-order valence-electron chi connectivity index (χ0n) is 13.4. The van der Waals surface area contributed by atoms with E-state index in [0.29, 0.717) is 13.1 Å². The van der Waals surface area contributed by atoms with E-state index in [2.05, 4.69) is 26.1 Å². The van der Waals surface area contributed by atoms with Gasteiger partial charge in [0, 0.05) is 30.7 Å². The van der Waals surface area contributed by atoms with Crippen molar-refractivity contribution < 1.29 is 9.53 Å². The lowest BCUT2D eigenvalue weighted by Gasteiger charge is -2.32. The third-order valence-corrected chi connectivity index (χ3v) is 4.74. The van der Waals surface area contributed by atoms with Crippen molar-refractivity contribution in [3.63, 3.8) is 0 Å². The van der Waals surface area contributed by atoms with Crippen molar-refractivity contribution in [1.82, 2.24) is 10.2 Å². The normalized spacial score (nSPS) is 18.1. The first kappa shape index (κ1) is 20.2. The van der Waals surface area contributed by atoms with Gasteiger partial charge in [-0.25, -0.2) is 0 Å². The summed E-state index contributed by atoms with van der Waals surface area (Å²) in [5.74, 6) is 1.04. The molecule has 130 valence electrons. The molecule has 1 heterocycles. The molecule has 0 saturated carbocycles. The minimum Gasteiger partial charge on any atom is -0.497 e. The van der Waals surface area contributed by atoms with E-state index < -0.39 is 0 Å². The van der Waals surface area contributed by atoms with Crippen LogP contribution >= 0.6 is 28.3 Å². The average Bonchev–Trinajstić information content (AvgIpc) is 2.55. The molecule has 1 aromatic rings. The number of hydrogen-bond donors (Lipinski definition) is 2. The molecule has 1 fully saturated rings. The molecule has 1 unspecified atom stereocenters. The number of rotatable bonds is 6. The molecule has 0 radical (unpaired) electrons. The molecular formula is C16H25BrClN3O2. The maximum atomic E-state index is 12.1. The molecule has 23 heavy (non-hydrogen) atoms. The highest BCUT2D eigenvalue weighted by Gasteiger charge is 2.25. The summed E-state index contributed by atoms with van der Waals surface area (Å²) in [6.45, 7) is 3.67. The Labute approximate surface area is 152 Å². The van der Waals surface area contributed by atoms with Gasteiger partial charge < -0.3 is 15.8 Å². The lowest BCUT2D eigenvalue weighted by atomic mass is 9.96. The Bertz CT molecular complexity index is 516. The molecule has 1 aliphatic rings. The first-order chi connectivity index (χ1) is 10.6. The van der Waals surface area contributed by atoms with E-state index in [1.807, 2.05) is 18.2 Å². The summed E-state index contributed by atoms with van der Waals surface area (Å²) in [5, 5.41) is 2.90. The summed E-state index contributed by atoms with van der Waals surface area (Å²) < 4.78 is 6.36. The van der Waals surface area contributed by atoms with E-state index in [4.69, 9.17) is 10.5 Å². The van der Waals surface area contributed by atoms with Crippen LogP contribution in [0.2, 0.25) is 0 Å². The largest absolute Gasteiger partial charge is 0.497 e. The third kappa shape index (κ3) is 5.95. The minimum atomic E-state index is 0. The second-order valence-electron chi connectivity index (χ2n) is 5.61. The van der Waals surface area contributed by atoms with Crippen LogP contribution in [-0.4, -0.2) is 44.1 Å². The molecule has 5 nitrogen and oxygen atoms in total. The highest BCUT2D eigenvalue weighted by atomic mass is 79.9. The van der Waals surface area contributed by atoms with Gasteiger partial charge in [-0.3, -0.25) is 9.69 Å². The van der Waals surface area contributed by atoms with Gasteiger partial charge in [-0.05, 0) is 43.1 Å². The molecule has 0 aliphatic carbocycles. The van der Waals surface area contributed by atoms with Crippen LogP contribution in [0.15, 0.2) is 22.7 Å². The number of carbonyl (C=O) groups excluding carboxylic acids is 1. The Morgan fingerprint density at radius 1 is 1.52 bits per heavy atom. The Hall–Kier alpha value is -0.820. The number of amides is 1. The summed E-state index contributed by atoms with van der Waals surface area (Å²) in [5.41, 5.74) is 6.62. The zero-order valence-corrected chi connectivity index (χ0v) is 15.8. The molecule has 1 saturated heterocycles. The minimum absolute atomic E-state index is 0. The maximum absolute atomic E-state index is 12.1. The van der Waals surface area contributed by atoms with Gasteiger partial charge in [0.05, 0.1) is 13.0 Å². The zero-order chi connectivity index (χ0) is 15.9. The maximum Gasteiger partial charge on any atom is 0.224 e. The van der Waals surface area contributed by atoms with E-state index in [1.54, 1.807) is 7.11 Å². The number of nitrogens with two attached hydrogens (primary N) is 1. The second kappa shape index (κ2) is 10.1. The van der Waals surface area contributed by atoms with Crippen molar-refractivity contribution >= 4 is 34.2 Å². The predicted molar refractivity (Wildman–Crippen MR) is 98.0 cm³/mol. The molecule has 3 N–H and O–H groups in total. The van der Waals surface area contributed by atoms with E-state index in [-0.39, 0.29) is 24.2 Å². The quantitative estimate of drug-likeness (QED) is 0.760. The Balaban J connectivity index is 0.00000264. The fraction of sp³-hybridized carbons (Fsp3) is 0.562.